The van der Waals surface area contributed by atoms with Gasteiger partial charge in [0.1, 0.15) is 0 Å². The van der Waals surface area contributed by atoms with Crippen LogP contribution in [0.5, 0.6) is 0 Å². The van der Waals surface area contributed by atoms with Gasteiger partial charge in [-0.05, 0) is 31.0 Å². The summed E-state index contributed by atoms with van der Waals surface area (Å²) in [5.74, 6) is -0.142. The first-order valence-corrected chi connectivity index (χ1v) is 8.11. The number of nitrogens with one attached hydrogen (secondary N) is 1. The number of sulfonamides is 1. The van der Waals surface area contributed by atoms with E-state index >= 15 is 0 Å². The molecule has 8 heteroatoms. The summed E-state index contributed by atoms with van der Waals surface area (Å²) in [6.07, 6.45) is -0.945. The van der Waals surface area contributed by atoms with E-state index in [-0.39, 0.29) is 18.1 Å². The summed E-state index contributed by atoms with van der Waals surface area (Å²) in [5.41, 5.74) is -1.00. The molecule has 122 valence electrons. The summed E-state index contributed by atoms with van der Waals surface area (Å²) in [7, 11) is -4.06. The number of hydrogen-bond acceptors (Lipinski definition) is 3. The lowest BCUT2D eigenvalue weighted by molar-refractivity contribution is -0.138. The molecule has 0 aliphatic heterocycles. The SMILES string of the molecule is Cc1ccc(S(=O)(=O)N[C@@H]2C=C[C@H](CO)C2)cc1C(F)(F)F. The van der Waals surface area contributed by atoms with E-state index in [1.54, 1.807) is 12.2 Å². The van der Waals surface area contributed by atoms with Crippen molar-refractivity contribution in [1.29, 1.82) is 0 Å². The number of alkyl halides is 3. The van der Waals surface area contributed by atoms with E-state index in [0.717, 1.165) is 12.1 Å². The van der Waals surface area contributed by atoms with Gasteiger partial charge < -0.3 is 5.11 Å². The zero-order valence-electron chi connectivity index (χ0n) is 11.8. The van der Waals surface area contributed by atoms with Crippen LogP contribution in [0.4, 0.5) is 13.2 Å². The Labute approximate surface area is 126 Å². The maximum atomic E-state index is 12.9. The largest absolute Gasteiger partial charge is 0.416 e. The third-order valence-electron chi connectivity index (χ3n) is 3.54. The molecule has 4 nitrogen and oxygen atoms in total. The zero-order chi connectivity index (χ0) is 16.5. The lowest BCUT2D eigenvalue weighted by Crippen LogP contribution is -2.33. The second-order valence-electron chi connectivity index (χ2n) is 5.27. The number of aliphatic hydroxyl groups excluding tert-OH is 1. The number of rotatable bonds is 4. The van der Waals surface area contributed by atoms with E-state index in [1.165, 1.54) is 6.92 Å². The molecule has 2 N–H and O–H groups in total. The summed E-state index contributed by atoms with van der Waals surface area (Å²) >= 11 is 0. The minimum absolute atomic E-state index is 0.0347. The summed E-state index contributed by atoms with van der Waals surface area (Å²) in [4.78, 5) is -0.425. The highest BCUT2D eigenvalue weighted by molar-refractivity contribution is 7.89. The van der Waals surface area contributed by atoms with Crippen LogP contribution in [-0.2, 0) is 16.2 Å². The van der Waals surface area contributed by atoms with Gasteiger partial charge >= 0.3 is 6.18 Å². The van der Waals surface area contributed by atoms with Gasteiger partial charge in [-0.2, -0.15) is 13.2 Å². The van der Waals surface area contributed by atoms with Crippen LogP contribution in [-0.4, -0.2) is 26.2 Å². The first-order chi connectivity index (χ1) is 10.1. The van der Waals surface area contributed by atoms with Crippen LogP contribution in [0.25, 0.3) is 0 Å². The molecule has 0 saturated carbocycles. The predicted octanol–water partition coefficient (Wildman–Crippen LogP) is 2.23. The number of aliphatic hydroxyl groups is 1. The van der Waals surface area contributed by atoms with Gasteiger partial charge in [-0.3, -0.25) is 0 Å². The van der Waals surface area contributed by atoms with Crippen molar-refractivity contribution >= 4 is 10.0 Å². The van der Waals surface area contributed by atoms with Gasteiger partial charge in [0.05, 0.1) is 10.5 Å². The van der Waals surface area contributed by atoms with Gasteiger partial charge in [0.25, 0.3) is 0 Å². The third-order valence-corrected chi connectivity index (χ3v) is 5.03. The molecule has 1 aliphatic rings. The molecule has 1 aromatic rings. The Morgan fingerprint density at radius 1 is 1.32 bits per heavy atom. The molecule has 2 rings (SSSR count). The van der Waals surface area contributed by atoms with Crippen molar-refractivity contribution in [2.75, 3.05) is 6.61 Å². The van der Waals surface area contributed by atoms with E-state index < -0.39 is 32.7 Å². The molecule has 22 heavy (non-hydrogen) atoms. The molecular weight excluding hydrogens is 319 g/mol. The van der Waals surface area contributed by atoms with Crippen LogP contribution in [0.1, 0.15) is 17.5 Å². The summed E-state index contributed by atoms with van der Waals surface area (Å²) < 4.78 is 65.3. The van der Waals surface area contributed by atoms with E-state index in [0.29, 0.717) is 12.5 Å². The highest BCUT2D eigenvalue weighted by Gasteiger charge is 2.34. The fraction of sp³-hybridized carbons (Fsp3) is 0.429. The highest BCUT2D eigenvalue weighted by atomic mass is 32.2. The van der Waals surface area contributed by atoms with Gasteiger partial charge in [-0.15, -0.1) is 0 Å². The van der Waals surface area contributed by atoms with Crippen molar-refractivity contribution in [3.05, 3.63) is 41.5 Å². The summed E-state index contributed by atoms with van der Waals surface area (Å²) in [6.45, 7) is 1.18. The van der Waals surface area contributed by atoms with Crippen LogP contribution < -0.4 is 4.72 Å². The van der Waals surface area contributed by atoms with Gasteiger partial charge in [-0.1, -0.05) is 18.2 Å². The van der Waals surface area contributed by atoms with Crippen LogP contribution in [0.3, 0.4) is 0 Å². The van der Waals surface area contributed by atoms with E-state index in [4.69, 9.17) is 5.11 Å². The fourth-order valence-electron chi connectivity index (χ4n) is 2.34. The zero-order valence-corrected chi connectivity index (χ0v) is 12.6. The molecule has 0 heterocycles. The summed E-state index contributed by atoms with van der Waals surface area (Å²) in [6, 6.07) is 2.39. The first kappa shape index (κ1) is 17.0. The quantitative estimate of drug-likeness (QED) is 0.829. The van der Waals surface area contributed by atoms with Gasteiger partial charge in [0, 0.05) is 18.6 Å². The molecule has 0 aromatic heterocycles. The Kier molecular flexibility index (Phi) is 4.65. The van der Waals surface area contributed by atoms with E-state index in [9.17, 15) is 21.6 Å². The molecule has 2 atom stereocenters. The summed E-state index contributed by atoms with van der Waals surface area (Å²) in [5, 5.41) is 9.00. The van der Waals surface area contributed by atoms with Gasteiger partial charge in [0.15, 0.2) is 0 Å². The van der Waals surface area contributed by atoms with Crippen molar-refractivity contribution < 1.29 is 26.7 Å². The highest BCUT2D eigenvalue weighted by Crippen LogP contribution is 2.33. The molecule has 0 spiro atoms. The third kappa shape index (κ3) is 3.68. The fourth-order valence-corrected chi connectivity index (χ4v) is 3.57. The average Bonchev–Trinajstić information content (AvgIpc) is 2.84. The molecule has 0 saturated heterocycles. The van der Waals surface area contributed by atoms with Crippen LogP contribution in [0, 0.1) is 12.8 Å². The van der Waals surface area contributed by atoms with E-state index in [1.807, 2.05) is 0 Å². The smallest absolute Gasteiger partial charge is 0.396 e. The Hall–Kier alpha value is -1.38. The second-order valence-corrected chi connectivity index (χ2v) is 6.98. The molecule has 1 aromatic carbocycles. The Bertz CT molecular complexity index is 683. The van der Waals surface area contributed by atoms with Crippen LogP contribution >= 0.6 is 0 Å². The lowest BCUT2D eigenvalue weighted by atomic mass is 10.1. The number of aryl methyl sites for hydroxylation is 1. The van der Waals surface area contributed by atoms with Crippen molar-refractivity contribution in [1.82, 2.24) is 4.72 Å². The van der Waals surface area contributed by atoms with Crippen molar-refractivity contribution in [2.24, 2.45) is 5.92 Å². The number of halogens is 3. The van der Waals surface area contributed by atoms with Crippen LogP contribution in [0.2, 0.25) is 0 Å². The van der Waals surface area contributed by atoms with Gasteiger partial charge in [0.2, 0.25) is 10.0 Å². The Balaban J connectivity index is 2.25. The molecule has 0 amide bonds. The predicted molar refractivity (Wildman–Crippen MR) is 74.6 cm³/mol. The maximum Gasteiger partial charge on any atom is 0.416 e. The Morgan fingerprint density at radius 3 is 2.55 bits per heavy atom. The molecule has 0 fully saturated rings. The first-order valence-electron chi connectivity index (χ1n) is 6.63. The minimum Gasteiger partial charge on any atom is -0.396 e. The normalized spacial score (nSPS) is 22.2. The molecule has 0 radical (unpaired) electrons. The molecule has 0 bridgehead atoms. The van der Waals surface area contributed by atoms with Crippen molar-refractivity contribution in [3.8, 4) is 0 Å². The molecular formula is C14H16F3NO3S. The lowest BCUT2D eigenvalue weighted by Gasteiger charge is -2.15. The average molecular weight is 335 g/mol. The van der Waals surface area contributed by atoms with Gasteiger partial charge in [-0.25, -0.2) is 13.1 Å². The standard InChI is InChI=1S/C14H16F3NO3S/c1-9-2-5-12(7-13(9)14(15,16)17)22(20,21)18-11-4-3-10(6-11)8-19/h2-5,7,10-11,18-19H,6,8H2,1H3/t10-,11+/m0/s1. The number of benzene rings is 1. The Morgan fingerprint density at radius 2 is 2.00 bits per heavy atom. The van der Waals surface area contributed by atoms with Crippen LogP contribution in [0.15, 0.2) is 35.2 Å². The second kappa shape index (κ2) is 6.02. The number of hydrogen-bond donors (Lipinski definition) is 2. The maximum absolute atomic E-state index is 12.9. The monoisotopic (exact) mass is 335 g/mol. The minimum atomic E-state index is -4.61. The molecule has 0 unspecified atom stereocenters. The molecule has 1 aliphatic carbocycles. The van der Waals surface area contributed by atoms with E-state index in [2.05, 4.69) is 4.72 Å². The van der Waals surface area contributed by atoms with Crippen molar-refractivity contribution in [2.45, 2.75) is 30.5 Å². The topological polar surface area (TPSA) is 66.4 Å². The van der Waals surface area contributed by atoms with Crippen molar-refractivity contribution in [3.63, 3.8) is 0 Å².